The largest absolute Gasteiger partial charge is 0.379 e. The minimum absolute atomic E-state index is 0.168. The zero-order valence-electron chi connectivity index (χ0n) is 20.6. The molecule has 5 heterocycles. The van der Waals surface area contributed by atoms with E-state index in [0.29, 0.717) is 47.4 Å². The molecule has 1 fully saturated rings. The predicted octanol–water partition coefficient (Wildman–Crippen LogP) is 3.71. The van der Waals surface area contributed by atoms with Crippen molar-refractivity contribution in [3.8, 4) is 28.5 Å². The Morgan fingerprint density at radius 2 is 1.76 bits per heavy atom. The zero-order chi connectivity index (χ0) is 25.9. The van der Waals surface area contributed by atoms with Crippen LogP contribution in [0, 0.1) is 0 Å². The molecule has 0 unspecified atom stereocenters. The molecule has 2 aromatic carbocycles. The number of ether oxygens (including phenoxy) is 2. The molecule has 0 amide bonds. The Hall–Kier alpha value is -3.02. The molecule has 0 N–H and O–H groups in total. The molecule has 4 aromatic rings. The van der Waals surface area contributed by atoms with Gasteiger partial charge in [0.1, 0.15) is 5.69 Å². The van der Waals surface area contributed by atoms with Gasteiger partial charge in [-0.1, -0.05) is 29.8 Å². The van der Waals surface area contributed by atoms with Gasteiger partial charge in [0.05, 0.1) is 60.3 Å². The van der Waals surface area contributed by atoms with Gasteiger partial charge in [0, 0.05) is 42.3 Å². The maximum absolute atomic E-state index is 13.4. The normalized spacial score (nSPS) is 18.6. The summed E-state index contributed by atoms with van der Waals surface area (Å²) in [5.74, 6) is 0.494. The molecule has 0 atom stereocenters. The van der Waals surface area contributed by atoms with E-state index in [1.54, 1.807) is 18.3 Å². The van der Waals surface area contributed by atoms with Gasteiger partial charge in [0.2, 0.25) is 0 Å². The van der Waals surface area contributed by atoms with Crippen LogP contribution in [-0.2, 0) is 44.8 Å². The van der Waals surface area contributed by atoms with Crippen LogP contribution in [0.3, 0.4) is 0 Å². The third-order valence-electron chi connectivity index (χ3n) is 7.40. The number of hydrogen-bond donors (Lipinski definition) is 0. The van der Waals surface area contributed by atoms with Crippen LogP contribution in [0.4, 0.5) is 0 Å². The van der Waals surface area contributed by atoms with E-state index in [4.69, 9.17) is 26.2 Å². The molecule has 0 aliphatic carbocycles. The number of halogens is 1. The molecule has 7 rings (SSSR count). The van der Waals surface area contributed by atoms with Gasteiger partial charge < -0.3 is 14.0 Å². The molecule has 0 saturated carbocycles. The van der Waals surface area contributed by atoms with Crippen LogP contribution < -0.4 is 0 Å². The number of sulfone groups is 1. The van der Waals surface area contributed by atoms with Crippen LogP contribution in [-0.4, -0.2) is 65.6 Å². The summed E-state index contributed by atoms with van der Waals surface area (Å²) >= 11 is 6.23. The first kappa shape index (κ1) is 24.1. The van der Waals surface area contributed by atoms with Crippen molar-refractivity contribution in [3.63, 3.8) is 0 Å². The first-order chi connectivity index (χ1) is 18.5. The Morgan fingerprint density at radius 3 is 2.58 bits per heavy atom. The van der Waals surface area contributed by atoms with E-state index >= 15 is 0 Å². The smallest absolute Gasteiger partial charge is 0.183 e. The fraction of sp³-hybridized carbons (Fsp3) is 0.333. The summed E-state index contributed by atoms with van der Waals surface area (Å²) in [6.07, 6.45) is 1.78. The number of rotatable bonds is 4. The predicted molar refractivity (Wildman–Crippen MR) is 142 cm³/mol. The molecule has 3 aliphatic heterocycles. The Labute approximate surface area is 225 Å². The first-order valence-electron chi connectivity index (χ1n) is 12.6. The van der Waals surface area contributed by atoms with E-state index in [1.807, 2.05) is 16.8 Å². The number of fused-ring (bicyclic) bond motifs is 4. The van der Waals surface area contributed by atoms with Crippen molar-refractivity contribution in [3.05, 3.63) is 70.5 Å². The van der Waals surface area contributed by atoms with E-state index in [2.05, 4.69) is 26.6 Å². The molecular weight excluding hydrogens is 526 g/mol. The van der Waals surface area contributed by atoms with E-state index in [9.17, 15) is 8.42 Å². The molecule has 9 nitrogen and oxygen atoms in total. The van der Waals surface area contributed by atoms with Crippen LogP contribution in [0.25, 0.3) is 28.5 Å². The van der Waals surface area contributed by atoms with Crippen LogP contribution in [0.1, 0.15) is 16.8 Å². The molecule has 2 aromatic heterocycles. The summed E-state index contributed by atoms with van der Waals surface area (Å²) in [6.45, 7) is 5.90. The fourth-order valence-electron chi connectivity index (χ4n) is 5.50. The van der Waals surface area contributed by atoms with Gasteiger partial charge in [-0.15, -0.1) is 0 Å². The number of aromatic nitrogens is 4. The van der Waals surface area contributed by atoms with Crippen LogP contribution in [0.5, 0.6) is 0 Å². The van der Waals surface area contributed by atoms with Gasteiger partial charge >= 0.3 is 0 Å². The van der Waals surface area contributed by atoms with Crippen molar-refractivity contribution >= 4 is 21.4 Å². The topological polar surface area (TPSA) is 91.5 Å². The number of imidazole rings is 1. The molecule has 0 spiro atoms. The third kappa shape index (κ3) is 4.07. The average molecular weight is 552 g/mol. The second-order valence-corrected chi connectivity index (χ2v) is 12.2. The van der Waals surface area contributed by atoms with Crippen molar-refractivity contribution < 1.29 is 17.9 Å². The van der Waals surface area contributed by atoms with E-state index in [-0.39, 0.29) is 10.6 Å². The van der Waals surface area contributed by atoms with Gasteiger partial charge in [0.15, 0.2) is 15.7 Å². The average Bonchev–Trinajstić information content (AvgIpc) is 3.51. The van der Waals surface area contributed by atoms with Crippen molar-refractivity contribution in [2.24, 2.45) is 0 Å². The first-order valence-corrected chi connectivity index (χ1v) is 14.7. The van der Waals surface area contributed by atoms with Crippen LogP contribution in [0.15, 0.2) is 53.6 Å². The molecular formula is C27H26ClN5O4S. The summed E-state index contributed by atoms with van der Waals surface area (Å²) < 4.78 is 41.8. The summed E-state index contributed by atoms with van der Waals surface area (Å²) in [7, 11) is -3.62. The highest BCUT2D eigenvalue weighted by molar-refractivity contribution is 7.91. The monoisotopic (exact) mass is 551 g/mol. The Morgan fingerprint density at radius 1 is 0.974 bits per heavy atom. The molecule has 196 valence electrons. The lowest BCUT2D eigenvalue weighted by Crippen LogP contribution is -2.35. The van der Waals surface area contributed by atoms with E-state index in [1.165, 1.54) is 11.6 Å². The number of nitrogens with zero attached hydrogens (tertiary/aromatic N) is 5. The highest BCUT2D eigenvalue weighted by Gasteiger charge is 2.36. The quantitative estimate of drug-likeness (QED) is 0.382. The summed E-state index contributed by atoms with van der Waals surface area (Å²) in [5.41, 5.74) is 5.59. The maximum atomic E-state index is 13.4. The standard InChI is InChI=1S/C27H26ClN5O4S/c28-19-3-6-22-24(13-19)38(34,35)17-23-25(27-29-14-21-16-37-12-9-32(21)27)30-33(26(22)23)20-4-1-18(2-5-20)15-31-7-10-36-11-8-31/h1-6,13-14H,7-12,15-17H2. The van der Waals surface area contributed by atoms with Crippen molar-refractivity contribution in [2.75, 3.05) is 32.9 Å². The molecule has 1 saturated heterocycles. The maximum Gasteiger partial charge on any atom is 0.183 e. The lowest BCUT2D eigenvalue weighted by atomic mass is 10.0. The molecule has 0 bridgehead atoms. The van der Waals surface area contributed by atoms with Crippen molar-refractivity contribution in [2.45, 2.75) is 30.3 Å². The second-order valence-electron chi connectivity index (χ2n) is 9.82. The minimum Gasteiger partial charge on any atom is -0.379 e. The second kappa shape index (κ2) is 9.32. The van der Waals surface area contributed by atoms with E-state index in [0.717, 1.165) is 49.9 Å². The SMILES string of the molecule is O=S1(=O)Cc2c(-c3ncc4n3CCOC4)nn(-c3ccc(CN4CCOCC4)cc3)c2-c2ccc(Cl)cc21. The van der Waals surface area contributed by atoms with Gasteiger partial charge in [-0.3, -0.25) is 4.90 Å². The summed E-state index contributed by atoms with van der Waals surface area (Å²) in [5, 5.41) is 5.40. The summed E-state index contributed by atoms with van der Waals surface area (Å²) in [4.78, 5) is 7.26. The number of benzene rings is 2. The highest BCUT2D eigenvalue weighted by atomic mass is 35.5. The summed E-state index contributed by atoms with van der Waals surface area (Å²) in [6, 6.07) is 13.3. The Balaban J connectivity index is 1.37. The molecule has 0 radical (unpaired) electrons. The van der Waals surface area contributed by atoms with Gasteiger partial charge in [-0.2, -0.15) is 5.10 Å². The molecule has 11 heteroatoms. The van der Waals surface area contributed by atoms with E-state index < -0.39 is 9.84 Å². The lowest BCUT2D eigenvalue weighted by Gasteiger charge is -2.26. The Bertz CT molecular complexity index is 1640. The van der Waals surface area contributed by atoms with Crippen molar-refractivity contribution in [1.82, 2.24) is 24.2 Å². The minimum atomic E-state index is -3.62. The Kier molecular flexibility index (Phi) is 5.90. The third-order valence-corrected chi connectivity index (χ3v) is 9.31. The number of hydrogen-bond acceptors (Lipinski definition) is 7. The van der Waals surface area contributed by atoms with Gasteiger partial charge in [-0.25, -0.2) is 18.1 Å². The van der Waals surface area contributed by atoms with Gasteiger partial charge in [0.25, 0.3) is 0 Å². The molecule has 3 aliphatic rings. The highest BCUT2D eigenvalue weighted by Crippen LogP contribution is 2.44. The van der Waals surface area contributed by atoms with Crippen LogP contribution >= 0.6 is 11.6 Å². The number of morpholine rings is 1. The molecule has 38 heavy (non-hydrogen) atoms. The lowest BCUT2D eigenvalue weighted by molar-refractivity contribution is 0.0342. The van der Waals surface area contributed by atoms with Crippen LogP contribution in [0.2, 0.25) is 5.02 Å². The van der Waals surface area contributed by atoms with Crippen molar-refractivity contribution in [1.29, 1.82) is 0 Å². The van der Waals surface area contributed by atoms with Gasteiger partial charge in [-0.05, 0) is 29.8 Å². The fourth-order valence-corrected chi connectivity index (χ4v) is 7.36. The zero-order valence-corrected chi connectivity index (χ0v) is 22.2.